The fourth-order valence-corrected chi connectivity index (χ4v) is 3.29. The predicted molar refractivity (Wildman–Crippen MR) is 74.4 cm³/mol. The number of hydrogen-bond acceptors (Lipinski definition) is 4. The molecule has 3 nitrogen and oxygen atoms in total. The van der Waals surface area contributed by atoms with E-state index in [-0.39, 0.29) is 0 Å². The van der Waals surface area contributed by atoms with Crippen molar-refractivity contribution < 1.29 is 0 Å². The summed E-state index contributed by atoms with van der Waals surface area (Å²) in [5.74, 6) is 1.82. The highest BCUT2D eigenvalue weighted by Crippen LogP contribution is 2.39. The lowest BCUT2D eigenvalue weighted by Gasteiger charge is -2.25. The number of halogens is 1. The molecule has 2 aliphatic rings. The smallest absolute Gasteiger partial charge is 0.198 e. The lowest BCUT2D eigenvalue weighted by atomic mass is 10.2. The van der Waals surface area contributed by atoms with Crippen molar-refractivity contribution in [2.45, 2.75) is 19.8 Å². The van der Waals surface area contributed by atoms with Crippen LogP contribution in [-0.4, -0.2) is 25.6 Å². The Bertz CT molecular complexity index is 431. The standard InChI is InChI=1S/C12H16ClN3S/c1-8-7-17-11(13)10(8)16(6-9-2-3-9)12-14-4-5-15-12/h7,9H,2-6H2,1H3,(H,14,15). The normalized spacial score (nSPS) is 19.1. The molecule has 1 aromatic heterocycles. The molecule has 0 spiro atoms. The molecular weight excluding hydrogens is 254 g/mol. The third-order valence-electron chi connectivity index (χ3n) is 3.22. The molecule has 0 amide bonds. The van der Waals surface area contributed by atoms with Gasteiger partial charge in [-0.05, 0) is 36.6 Å². The van der Waals surface area contributed by atoms with Gasteiger partial charge in [0, 0.05) is 13.1 Å². The maximum atomic E-state index is 6.32. The first-order chi connectivity index (χ1) is 8.25. The topological polar surface area (TPSA) is 27.6 Å². The van der Waals surface area contributed by atoms with Crippen LogP contribution in [0.3, 0.4) is 0 Å². The number of thiophene rings is 1. The second-order valence-electron chi connectivity index (χ2n) is 4.73. The Morgan fingerprint density at radius 3 is 2.94 bits per heavy atom. The molecule has 0 bridgehead atoms. The first-order valence-corrected chi connectivity index (χ1v) is 7.31. The molecule has 1 aromatic rings. The van der Waals surface area contributed by atoms with Crippen molar-refractivity contribution in [3.8, 4) is 0 Å². The number of aliphatic imine (C=N–C) groups is 1. The SMILES string of the molecule is Cc1csc(Cl)c1N(CC1CC1)C1=NCCN1. The number of guanidine groups is 1. The molecule has 17 heavy (non-hydrogen) atoms. The van der Waals surface area contributed by atoms with Gasteiger partial charge in [-0.1, -0.05) is 11.6 Å². The van der Waals surface area contributed by atoms with E-state index in [1.807, 2.05) is 0 Å². The zero-order valence-electron chi connectivity index (χ0n) is 9.87. The highest BCUT2D eigenvalue weighted by molar-refractivity contribution is 7.15. The molecule has 1 N–H and O–H groups in total. The van der Waals surface area contributed by atoms with Gasteiger partial charge in [-0.25, -0.2) is 0 Å². The largest absolute Gasteiger partial charge is 0.354 e. The van der Waals surface area contributed by atoms with E-state index >= 15 is 0 Å². The molecule has 92 valence electrons. The lowest BCUT2D eigenvalue weighted by molar-refractivity contribution is 0.813. The van der Waals surface area contributed by atoms with Gasteiger partial charge >= 0.3 is 0 Å². The molecule has 0 aromatic carbocycles. The van der Waals surface area contributed by atoms with Gasteiger partial charge in [0.1, 0.15) is 4.34 Å². The van der Waals surface area contributed by atoms with Crippen molar-refractivity contribution in [2.75, 3.05) is 24.5 Å². The van der Waals surface area contributed by atoms with Crippen LogP contribution >= 0.6 is 22.9 Å². The monoisotopic (exact) mass is 269 g/mol. The Labute approximate surface area is 110 Å². The van der Waals surface area contributed by atoms with Crippen LogP contribution in [0.25, 0.3) is 0 Å². The molecule has 0 atom stereocenters. The van der Waals surface area contributed by atoms with Crippen molar-refractivity contribution in [3.05, 3.63) is 15.3 Å². The van der Waals surface area contributed by atoms with Crippen LogP contribution in [0.2, 0.25) is 4.34 Å². The summed E-state index contributed by atoms with van der Waals surface area (Å²) < 4.78 is 0.875. The zero-order chi connectivity index (χ0) is 11.8. The summed E-state index contributed by atoms with van der Waals surface area (Å²) in [5.41, 5.74) is 2.40. The van der Waals surface area contributed by atoms with Crippen LogP contribution in [0.15, 0.2) is 10.4 Å². The van der Waals surface area contributed by atoms with Crippen molar-refractivity contribution in [2.24, 2.45) is 10.9 Å². The lowest BCUT2D eigenvalue weighted by Crippen LogP contribution is -2.40. The van der Waals surface area contributed by atoms with E-state index in [9.17, 15) is 0 Å². The molecule has 3 rings (SSSR count). The van der Waals surface area contributed by atoms with Gasteiger partial charge in [0.2, 0.25) is 0 Å². The zero-order valence-corrected chi connectivity index (χ0v) is 11.4. The molecule has 5 heteroatoms. The van der Waals surface area contributed by atoms with Crippen molar-refractivity contribution >= 4 is 34.6 Å². The second-order valence-corrected chi connectivity index (χ2v) is 6.21. The summed E-state index contributed by atoms with van der Waals surface area (Å²) in [6.45, 7) is 4.98. The Hall–Kier alpha value is -0.740. The van der Waals surface area contributed by atoms with Gasteiger partial charge in [0.15, 0.2) is 5.96 Å². The quantitative estimate of drug-likeness (QED) is 0.914. The first kappa shape index (κ1) is 11.4. The summed E-state index contributed by atoms with van der Waals surface area (Å²) in [6, 6.07) is 0. The predicted octanol–water partition coefficient (Wildman–Crippen LogP) is 2.89. The molecule has 1 fully saturated rings. The van der Waals surface area contributed by atoms with E-state index in [0.29, 0.717) is 0 Å². The van der Waals surface area contributed by atoms with E-state index < -0.39 is 0 Å². The molecule has 0 saturated heterocycles. The minimum atomic E-state index is 0.815. The molecule has 1 aliphatic heterocycles. The minimum Gasteiger partial charge on any atom is -0.354 e. The number of nitrogens with one attached hydrogen (secondary N) is 1. The van der Waals surface area contributed by atoms with Gasteiger partial charge < -0.3 is 10.2 Å². The summed E-state index contributed by atoms with van der Waals surface area (Å²) in [4.78, 5) is 6.81. The Morgan fingerprint density at radius 1 is 1.59 bits per heavy atom. The number of anilines is 1. The fourth-order valence-electron chi connectivity index (χ4n) is 2.13. The molecule has 0 unspecified atom stereocenters. The van der Waals surface area contributed by atoms with E-state index in [2.05, 4.69) is 27.5 Å². The van der Waals surface area contributed by atoms with Crippen molar-refractivity contribution in [1.82, 2.24) is 5.32 Å². The Kier molecular flexibility index (Phi) is 3.01. The fraction of sp³-hybridized carbons (Fsp3) is 0.583. The first-order valence-electron chi connectivity index (χ1n) is 6.05. The van der Waals surface area contributed by atoms with Gasteiger partial charge in [-0.15, -0.1) is 11.3 Å². The maximum absolute atomic E-state index is 6.32. The Balaban J connectivity index is 1.91. The summed E-state index contributed by atoms with van der Waals surface area (Å²) >= 11 is 7.92. The van der Waals surface area contributed by atoms with Crippen LogP contribution in [0, 0.1) is 12.8 Å². The highest BCUT2D eigenvalue weighted by atomic mass is 35.5. The molecule has 1 saturated carbocycles. The van der Waals surface area contributed by atoms with E-state index in [0.717, 1.165) is 41.5 Å². The van der Waals surface area contributed by atoms with Crippen LogP contribution in [0.5, 0.6) is 0 Å². The second kappa shape index (κ2) is 4.50. The van der Waals surface area contributed by atoms with Crippen molar-refractivity contribution in [1.29, 1.82) is 0 Å². The summed E-state index contributed by atoms with van der Waals surface area (Å²) in [5, 5.41) is 5.47. The summed E-state index contributed by atoms with van der Waals surface area (Å²) in [7, 11) is 0. The van der Waals surface area contributed by atoms with Gasteiger partial charge in [0.25, 0.3) is 0 Å². The molecule has 0 radical (unpaired) electrons. The van der Waals surface area contributed by atoms with Crippen molar-refractivity contribution in [3.63, 3.8) is 0 Å². The van der Waals surface area contributed by atoms with Gasteiger partial charge in [-0.2, -0.15) is 0 Å². The number of nitrogens with zero attached hydrogens (tertiary/aromatic N) is 2. The van der Waals surface area contributed by atoms with E-state index in [1.54, 1.807) is 11.3 Å². The summed E-state index contributed by atoms with van der Waals surface area (Å²) in [6.07, 6.45) is 2.68. The average molecular weight is 270 g/mol. The average Bonchev–Trinajstić information content (AvgIpc) is 2.86. The molecular formula is C12H16ClN3S. The number of aryl methyl sites for hydroxylation is 1. The van der Waals surface area contributed by atoms with Gasteiger partial charge in [-0.3, -0.25) is 4.99 Å². The molecule has 2 heterocycles. The van der Waals surface area contributed by atoms with E-state index in [1.165, 1.54) is 18.4 Å². The maximum Gasteiger partial charge on any atom is 0.198 e. The third kappa shape index (κ3) is 2.29. The van der Waals surface area contributed by atoms with Crippen LogP contribution in [0.1, 0.15) is 18.4 Å². The van der Waals surface area contributed by atoms with Crippen LogP contribution in [-0.2, 0) is 0 Å². The Morgan fingerprint density at radius 2 is 2.41 bits per heavy atom. The third-order valence-corrected chi connectivity index (χ3v) is 4.54. The van der Waals surface area contributed by atoms with Crippen LogP contribution < -0.4 is 10.2 Å². The minimum absolute atomic E-state index is 0.815. The molecule has 1 aliphatic carbocycles. The highest BCUT2D eigenvalue weighted by Gasteiger charge is 2.29. The number of rotatable bonds is 3. The number of hydrogen-bond donors (Lipinski definition) is 1. The van der Waals surface area contributed by atoms with Crippen LogP contribution in [0.4, 0.5) is 5.69 Å². The van der Waals surface area contributed by atoms with E-state index in [4.69, 9.17) is 11.6 Å². The van der Waals surface area contributed by atoms with Gasteiger partial charge in [0.05, 0.1) is 12.2 Å².